The van der Waals surface area contributed by atoms with Gasteiger partial charge in [-0.1, -0.05) is 0 Å². The molecule has 0 radical (unpaired) electrons. The molecule has 0 amide bonds. The van der Waals surface area contributed by atoms with Gasteiger partial charge in [0.15, 0.2) is 0 Å². The molecule has 64 valence electrons. The predicted octanol–water partition coefficient (Wildman–Crippen LogP) is 2.25. The molecule has 0 spiro atoms. The lowest BCUT2D eigenvalue weighted by atomic mass is 10.0. The summed E-state index contributed by atoms with van der Waals surface area (Å²) in [6, 6.07) is 3.99. The molecule has 0 fully saturated rings. The third-order valence-corrected chi connectivity index (χ3v) is 2.94. The van der Waals surface area contributed by atoms with E-state index in [2.05, 4.69) is 0 Å². The molecule has 0 saturated carbocycles. The predicted molar refractivity (Wildman–Crippen MR) is 48.8 cm³/mol. The average molecular weight is 181 g/mol. The second-order valence-corrected chi connectivity index (χ2v) is 3.78. The summed E-state index contributed by atoms with van der Waals surface area (Å²) in [5.41, 5.74) is 1.06. The maximum Gasteiger partial charge on any atom is 0.104 e. The van der Waals surface area contributed by atoms with Crippen LogP contribution in [-0.2, 0) is 0 Å². The van der Waals surface area contributed by atoms with Gasteiger partial charge in [-0.3, -0.25) is 0 Å². The number of nitrogens with zero attached hydrogens (tertiary/aromatic N) is 1. The van der Waals surface area contributed by atoms with Crippen LogP contribution in [0.25, 0.3) is 0 Å². The fraction of sp³-hybridized carbons (Fsp3) is 0.444. The molecule has 0 aliphatic carbocycles. The first-order chi connectivity index (χ1) is 5.66. The van der Waals surface area contributed by atoms with E-state index in [0.717, 1.165) is 10.4 Å². The van der Waals surface area contributed by atoms with Gasteiger partial charge in [-0.05, 0) is 30.9 Å². The van der Waals surface area contributed by atoms with E-state index in [1.54, 1.807) is 6.92 Å². The van der Waals surface area contributed by atoms with Crippen LogP contribution in [-0.4, -0.2) is 5.11 Å². The minimum atomic E-state index is -0.630. The molecule has 1 heterocycles. The normalized spacial score (nSPS) is 15.2. The minimum Gasteiger partial charge on any atom is -0.386 e. The molecule has 3 heteroatoms. The van der Waals surface area contributed by atoms with Crippen molar-refractivity contribution in [3.05, 3.63) is 21.9 Å². The van der Waals surface area contributed by atoms with Gasteiger partial charge in [0.2, 0.25) is 0 Å². The Morgan fingerprint density at radius 1 is 1.67 bits per heavy atom. The molecule has 1 aromatic rings. The van der Waals surface area contributed by atoms with Crippen molar-refractivity contribution in [2.45, 2.75) is 20.0 Å². The number of hydrogen-bond donors (Lipinski definition) is 1. The monoisotopic (exact) mass is 181 g/mol. The van der Waals surface area contributed by atoms with Gasteiger partial charge < -0.3 is 5.11 Å². The molecule has 12 heavy (non-hydrogen) atoms. The summed E-state index contributed by atoms with van der Waals surface area (Å²) in [5, 5.41) is 20.2. The molecule has 1 rings (SSSR count). The number of nitriles is 1. The second kappa shape index (κ2) is 3.70. The molecule has 1 aromatic heterocycles. The van der Waals surface area contributed by atoms with Crippen molar-refractivity contribution in [3.8, 4) is 6.07 Å². The highest BCUT2D eigenvalue weighted by Crippen LogP contribution is 2.28. The maximum absolute atomic E-state index is 9.65. The van der Waals surface area contributed by atoms with Crippen LogP contribution in [0.5, 0.6) is 0 Å². The van der Waals surface area contributed by atoms with Crippen molar-refractivity contribution in [3.63, 3.8) is 0 Å². The van der Waals surface area contributed by atoms with E-state index in [4.69, 9.17) is 5.26 Å². The van der Waals surface area contributed by atoms with Gasteiger partial charge in [-0.15, -0.1) is 11.3 Å². The quantitative estimate of drug-likeness (QED) is 0.760. The van der Waals surface area contributed by atoms with Crippen LogP contribution in [0, 0.1) is 24.2 Å². The molecule has 2 atom stereocenters. The Hall–Kier alpha value is -0.850. The largest absolute Gasteiger partial charge is 0.386 e. The molecule has 0 bridgehead atoms. The molecule has 0 aliphatic heterocycles. The van der Waals surface area contributed by atoms with Crippen LogP contribution in [0.15, 0.2) is 11.4 Å². The van der Waals surface area contributed by atoms with Gasteiger partial charge in [0, 0.05) is 4.88 Å². The Balaban J connectivity index is 2.86. The zero-order chi connectivity index (χ0) is 9.14. The lowest BCUT2D eigenvalue weighted by Gasteiger charge is -2.10. The smallest absolute Gasteiger partial charge is 0.104 e. The van der Waals surface area contributed by atoms with Gasteiger partial charge >= 0.3 is 0 Å². The third kappa shape index (κ3) is 1.66. The summed E-state index contributed by atoms with van der Waals surface area (Å²) in [4.78, 5) is 0.907. The maximum atomic E-state index is 9.65. The molecular formula is C9H11NOS. The van der Waals surface area contributed by atoms with Crippen LogP contribution in [0.2, 0.25) is 0 Å². The number of aryl methyl sites for hydroxylation is 1. The van der Waals surface area contributed by atoms with Crippen molar-refractivity contribution >= 4 is 11.3 Å². The van der Waals surface area contributed by atoms with E-state index in [1.807, 2.05) is 24.4 Å². The highest BCUT2D eigenvalue weighted by molar-refractivity contribution is 7.10. The van der Waals surface area contributed by atoms with Crippen molar-refractivity contribution in [1.29, 1.82) is 5.26 Å². The fourth-order valence-electron chi connectivity index (χ4n) is 0.985. The highest BCUT2D eigenvalue weighted by Gasteiger charge is 2.18. The standard InChI is InChI=1S/C9H11NOS/c1-6-3-4-12-9(6)8(11)7(2)5-10/h3-4,7-8,11H,1-2H3. The van der Waals surface area contributed by atoms with Crippen LogP contribution in [0.4, 0.5) is 0 Å². The average Bonchev–Trinajstić information content (AvgIpc) is 2.48. The first-order valence-electron chi connectivity index (χ1n) is 3.78. The molecule has 0 aliphatic rings. The minimum absolute atomic E-state index is 0.331. The van der Waals surface area contributed by atoms with Gasteiger partial charge in [0.05, 0.1) is 12.0 Å². The summed E-state index contributed by atoms with van der Waals surface area (Å²) in [6.07, 6.45) is -0.630. The number of rotatable bonds is 2. The molecule has 0 aromatic carbocycles. The van der Waals surface area contributed by atoms with Crippen LogP contribution < -0.4 is 0 Å². The summed E-state index contributed by atoms with van der Waals surface area (Å²) in [7, 11) is 0. The Morgan fingerprint density at radius 3 is 2.75 bits per heavy atom. The Kier molecular flexibility index (Phi) is 2.85. The molecule has 2 unspecified atom stereocenters. The first kappa shape index (κ1) is 9.24. The molecule has 2 nitrogen and oxygen atoms in total. The number of thiophene rings is 1. The van der Waals surface area contributed by atoms with E-state index in [1.165, 1.54) is 11.3 Å². The SMILES string of the molecule is Cc1ccsc1C(O)C(C)C#N. The molecule has 0 saturated heterocycles. The van der Waals surface area contributed by atoms with Crippen molar-refractivity contribution < 1.29 is 5.11 Å². The fourth-order valence-corrected chi connectivity index (χ4v) is 2.00. The van der Waals surface area contributed by atoms with Gasteiger partial charge in [-0.2, -0.15) is 5.26 Å². The first-order valence-corrected chi connectivity index (χ1v) is 4.66. The van der Waals surface area contributed by atoms with Crippen molar-refractivity contribution in [2.24, 2.45) is 5.92 Å². The van der Waals surface area contributed by atoms with E-state index in [0.29, 0.717) is 0 Å². The Morgan fingerprint density at radius 2 is 2.33 bits per heavy atom. The van der Waals surface area contributed by atoms with Crippen LogP contribution in [0.1, 0.15) is 23.5 Å². The highest BCUT2D eigenvalue weighted by atomic mass is 32.1. The van der Waals surface area contributed by atoms with E-state index >= 15 is 0 Å². The zero-order valence-corrected chi connectivity index (χ0v) is 7.93. The van der Waals surface area contributed by atoms with Gasteiger partial charge in [0.25, 0.3) is 0 Å². The summed E-state index contributed by atoms with van der Waals surface area (Å²) in [5.74, 6) is -0.331. The summed E-state index contributed by atoms with van der Waals surface area (Å²) >= 11 is 1.50. The van der Waals surface area contributed by atoms with Gasteiger partial charge in [0.1, 0.15) is 6.10 Å². The summed E-state index contributed by atoms with van der Waals surface area (Å²) < 4.78 is 0. The lowest BCUT2D eigenvalue weighted by molar-refractivity contribution is 0.146. The van der Waals surface area contributed by atoms with Crippen molar-refractivity contribution in [1.82, 2.24) is 0 Å². The lowest BCUT2D eigenvalue weighted by Crippen LogP contribution is -2.06. The second-order valence-electron chi connectivity index (χ2n) is 2.83. The Labute approximate surface area is 76.1 Å². The summed E-state index contributed by atoms with van der Waals surface area (Å²) in [6.45, 7) is 3.67. The Bertz CT molecular complexity index is 300. The van der Waals surface area contributed by atoms with E-state index in [-0.39, 0.29) is 5.92 Å². The molecular weight excluding hydrogens is 170 g/mol. The molecule has 1 N–H and O–H groups in total. The third-order valence-electron chi connectivity index (χ3n) is 1.85. The van der Waals surface area contributed by atoms with Crippen molar-refractivity contribution in [2.75, 3.05) is 0 Å². The number of aliphatic hydroxyl groups is 1. The van der Waals surface area contributed by atoms with Gasteiger partial charge in [-0.25, -0.2) is 0 Å². The van der Waals surface area contributed by atoms with E-state index < -0.39 is 6.10 Å². The number of hydrogen-bond acceptors (Lipinski definition) is 3. The number of aliphatic hydroxyl groups excluding tert-OH is 1. The topological polar surface area (TPSA) is 44.0 Å². The van der Waals surface area contributed by atoms with Crippen LogP contribution in [0.3, 0.4) is 0 Å². The zero-order valence-electron chi connectivity index (χ0n) is 7.11. The van der Waals surface area contributed by atoms with Crippen LogP contribution >= 0.6 is 11.3 Å². The van der Waals surface area contributed by atoms with E-state index in [9.17, 15) is 5.11 Å².